The average Bonchev–Trinajstić information content (AvgIpc) is 3.46. The average molecular weight is 412 g/mol. The number of thiazole rings is 1. The van der Waals surface area contributed by atoms with E-state index in [9.17, 15) is 9.59 Å². The fourth-order valence-electron chi connectivity index (χ4n) is 2.98. The molecule has 0 unspecified atom stereocenters. The molecular formula is C20H17N3O3S2. The second-order valence-electron chi connectivity index (χ2n) is 6.12. The predicted molar refractivity (Wildman–Crippen MR) is 111 cm³/mol. The van der Waals surface area contributed by atoms with Crippen molar-refractivity contribution in [3.8, 4) is 9.88 Å². The third kappa shape index (κ3) is 3.69. The first-order chi connectivity index (χ1) is 13.7. The Labute approximate surface area is 169 Å². The summed E-state index contributed by atoms with van der Waals surface area (Å²) >= 11 is 2.87. The molecule has 3 aromatic heterocycles. The molecule has 4 aromatic rings. The van der Waals surface area contributed by atoms with Gasteiger partial charge in [0.05, 0.1) is 18.2 Å². The molecule has 0 aliphatic heterocycles. The summed E-state index contributed by atoms with van der Waals surface area (Å²) in [5.74, 6) is -0.822. The molecule has 1 amide bonds. The zero-order chi connectivity index (χ0) is 19.5. The Kier molecular flexibility index (Phi) is 5.23. The Morgan fingerprint density at radius 2 is 2.11 bits per heavy atom. The van der Waals surface area contributed by atoms with Crippen LogP contribution in [-0.4, -0.2) is 35.0 Å². The Balaban J connectivity index is 1.53. The van der Waals surface area contributed by atoms with Crippen LogP contribution in [0.5, 0.6) is 0 Å². The van der Waals surface area contributed by atoms with Crippen LogP contribution in [0.4, 0.5) is 0 Å². The number of esters is 1. The fourth-order valence-corrected chi connectivity index (χ4v) is 4.60. The monoisotopic (exact) mass is 411 g/mol. The number of carbonyl (C=O) groups excluding carboxylic acids is 2. The number of ether oxygens (including phenoxy) is 1. The van der Waals surface area contributed by atoms with Gasteiger partial charge in [0, 0.05) is 23.5 Å². The van der Waals surface area contributed by atoms with Gasteiger partial charge in [0.15, 0.2) is 0 Å². The molecule has 3 heterocycles. The van der Waals surface area contributed by atoms with E-state index in [1.807, 2.05) is 48.0 Å². The minimum Gasteiger partial charge on any atom is -0.467 e. The number of nitrogens with zero attached hydrogens (tertiary/aromatic N) is 1. The van der Waals surface area contributed by atoms with Crippen molar-refractivity contribution in [2.24, 2.45) is 0 Å². The van der Waals surface area contributed by atoms with E-state index in [0.717, 1.165) is 26.4 Å². The van der Waals surface area contributed by atoms with Crippen LogP contribution in [0, 0.1) is 0 Å². The molecule has 0 saturated heterocycles. The number of thiophene rings is 1. The number of hydrogen-bond donors (Lipinski definition) is 2. The standard InChI is InChI=1S/C20H17N3O3S2/c1-26-20(25)15(9-12-10-21-14-6-3-2-5-13(12)14)23-18(24)17-11-22-19(28-17)16-7-4-8-27-16/h2-8,10-11,15,21H,9H2,1H3,(H,23,24)/t15-/m1/s1. The van der Waals surface area contributed by atoms with E-state index in [2.05, 4.69) is 15.3 Å². The highest BCUT2D eigenvalue weighted by atomic mass is 32.1. The number of amides is 1. The van der Waals surface area contributed by atoms with Crippen LogP contribution in [0.15, 0.2) is 54.2 Å². The van der Waals surface area contributed by atoms with Gasteiger partial charge in [-0.15, -0.1) is 22.7 Å². The molecule has 0 radical (unpaired) electrons. The van der Waals surface area contributed by atoms with Crippen LogP contribution >= 0.6 is 22.7 Å². The Morgan fingerprint density at radius 1 is 1.25 bits per heavy atom. The molecule has 4 rings (SSSR count). The lowest BCUT2D eigenvalue weighted by Crippen LogP contribution is -2.42. The molecule has 0 aliphatic carbocycles. The maximum absolute atomic E-state index is 12.7. The molecule has 28 heavy (non-hydrogen) atoms. The summed E-state index contributed by atoms with van der Waals surface area (Å²) in [5.41, 5.74) is 1.92. The van der Waals surface area contributed by atoms with Gasteiger partial charge in [-0.25, -0.2) is 9.78 Å². The van der Waals surface area contributed by atoms with Crippen LogP contribution in [0.25, 0.3) is 20.8 Å². The van der Waals surface area contributed by atoms with Crippen LogP contribution in [0.3, 0.4) is 0 Å². The molecule has 0 aliphatic rings. The van der Waals surface area contributed by atoms with E-state index < -0.39 is 12.0 Å². The van der Waals surface area contributed by atoms with Crippen molar-refractivity contribution in [3.05, 3.63) is 64.6 Å². The molecule has 0 bridgehead atoms. The van der Waals surface area contributed by atoms with Crippen molar-refractivity contribution in [2.45, 2.75) is 12.5 Å². The normalized spacial score (nSPS) is 12.0. The smallest absolute Gasteiger partial charge is 0.328 e. The maximum atomic E-state index is 12.7. The molecule has 0 spiro atoms. The minimum absolute atomic E-state index is 0.332. The van der Waals surface area contributed by atoms with Gasteiger partial charge in [0.1, 0.15) is 15.9 Å². The summed E-state index contributed by atoms with van der Waals surface area (Å²) in [5, 5.41) is 6.56. The first-order valence-corrected chi connectivity index (χ1v) is 10.3. The number of carbonyl (C=O) groups is 2. The van der Waals surface area contributed by atoms with E-state index in [-0.39, 0.29) is 5.91 Å². The van der Waals surface area contributed by atoms with Gasteiger partial charge in [-0.05, 0) is 23.1 Å². The molecule has 0 saturated carbocycles. The number of nitrogens with one attached hydrogen (secondary N) is 2. The molecule has 142 valence electrons. The van der Waals surface area contributed by atoms with E-state index in [1.165, 1.54) is 24.6 Å². The molecule has 6 nitrogen and oxygen atoms in total. The van der Waals surface area contributed by atoms with Gasteiger partial charge in [-0.1, -0.05) is 24.3 Å². The number of aromatic amines is 1. The lowest BCUT2D eigenvalue weighted by atomic mass is 10.0. The SMILES string of the molecule is COC(=O)[C@@H](Cc1c[nH]c2ccccc12)NC(=O)c1cnc(-c2cccs2)s1. The van der Waals surface area contributed by atoms with Crippen LogP contribution in [0.1, 0.15) is 15.2 Å². The third-order valence-corrected chi connectivity index (χ3v) is 6.39. The van der Waals surface area contributed by atoms with Crippen molar-refractivity contribution in [3.63, 3.8) is 0 Å². The van der Waals surface area contributed by atoms with E-state index >= 15 is 0 Å². The number of para-hydroxylation sites is 1. The van der Waals surface area contributed by atoms with Crippen LogP contribution in [-0.2, 0) is 16.0 Å². The molecule has 8 heteroatoms. The molecule has 1 aromatic carbocycles. The van der Waals surface area contributed by atoms with Crippen molar-refractivity contribution >= 4 is 45.5 Å². The van der Waals surface area contributed by atoms with Gasteiger partial charge in [-0.2, -0.15) is 0 Å². The summed E-state index contributed by atoms with van der Waals surface area (Å²) in [6.07, 6.45) is 3.72. The zero-order valence-corrected chi connectivity index (χ0v) is 16.6. The Bertz CT molecular complexity index is 1110. The summed E-state index contributed by atoms with van der Waals surface area (Å²) in [6.45, 7) is 0. The zero-order valence-electron chi connectivity index (χ0n) is 15.0. The van der Waals surface area contributed by atoms with Gasteiger partial charge in [0.2, 0.25) is 0 Å². The van der Waals surface area contributed by atoms with Gasteiger partial charge < -0.3 is 15.0 Å². The second kappa shape index (κ2) is 7.95. The van der Waals surface area contributed by atoms with E-state index in [4.69, 9.17) is 4.74 Å². The summed E-state index contributed by atoms with van der Waals surface area (Å²) < 4.78 is 4.90. The number of benzene rings is 1. The van der Waals surface area contributed by atoms with Crippen LogP contribution in [0.2, 0.25) is 0 Å². The Morgan fingerprint density at radius 3 is 2.89 bits per heavy atom. The molecule has 2 N–H and O–H groups in total. The predicted octanol–water partition coefficient (Wildman–Crippen LogP) is 3.87. The van der Waals surface area contributed by atoms with E-state index in [0.29, 0.717) is 11.3 Å². The second-order valence-corrected chi connectivity index (χ2v) is 8.10. The van der Waals surface area contributed by atoms with Gasteiger partial charge in [0.25, 0.3) is 5.91 Å². The maximum Gasteiger partial charge on any atom is 0.328 e. The summed E-state index contributed by atoms with van der Waals surface area (Å²) in [7, 11) is 1.32. The summed E-state index contributed by atoms with van der Waals surface area (Å²) in [6, 6.07) is 10.9. The lowest BCUT2D eigenvalue weighted by molar-refractivity contribution is -0.142. The quantitative estimate of drug-likeness (QED) is 0.472. The first kappa shape index (κ1) is 18.4. The molecular weight excluding hydrogens is 394 g/mol. The number of aromatic nitrogens is 2. The number of methoxy groups -OCH3 is 1. The summed E-state index contributed by atoms with van der Waals surface area (Å²) in [4.78, 5) is 33.9. The lowest BCUT2D eigenvalue weighted by Gasteiger charge is -2.15. The van der Waals surface area contributed by atoms with Crippen molar-refractivity contribution < 1.29 is 14.3 Å². The topological polar surface area (TPSA) is 84.1 Å². The third-order valence-electron chi connectivity index (χ3n) is 4.35. The van der Waals surface area contributed by atoms with Gasteiger partial charge in [-0.3, -0.25) is 4.79 Å². The highest BCUT2D eigenvalue weighted by molar-refractivity contribution is 7.22. The van der Waals surface area contributed by atoms with Crippen LogP contribution < -0.4 is 5.32 Å². The fraction of sp³-hybridized carbons (Fsp3) is 0.150. The number of H-pyrrole nitrogens is 1. The highest BCUT2D eigenvalue weighted by Crippen LogP contribution is 2.29. The number of rotatable bonds is 6. The van der Waals surface area contributed by atoms with Crippen molar-refractivity contribution in [1.29, 1.82) is 0 Å². The Hall–Kier alpha value is -2.97. The minimum atomic E-state index is -0.788. The number of hydrogen-bond acceptors (Lipinski definition) is 6. The molecule has 1 atom stereocenters. The number of fused-ring (bicyclic) bond motifs is 1. The van der Waals surface area contributed by atoms with E-state index in [1.54, 1.807) is 11.3 Å². The largest absolute Gasteiger partial charge is 0.467 e. The highest BCUT2D eigenvalue weighted by Gasteiger charge is 2.25. The first-order valence-electron chi connectivity index (χ1n) is 8.59. The van der Waals surface area contributed by atoms with Crippen molar-refractivity contribution in [1.82, 2.24) is 15.3 Å². The van der Waals surface area contributed by atoms with Gasteiger partial charge >= 0.3 is 5.97 Å². The molecule has 0 fully saturated rings. The van der Waals surface area contributed by atoms with Crippen molar-refractivity contribution in [2.75, 3.05) is 7.11 Å².